The van der Waals surface area contributed by atoms with Gasteiger partial charge in [0.25, 0.3) is 0 Å². The highest BCUT2D eigenvalue weighted by Gasteiger charge is 2.12. The average molecular weight is 409 g/mol. The van der Waals surface area contributed by atoms with Gasteiger partial charge >= 0.3 is 0 Å². The van der Waals surface area contributed by atoms with E-state index in [1.807, 2.05) is 78.3 Å². The summed E-state index contributed by atoms with van der Waals surface area (Å²) in [4.78, 5) is 11.2. The Morgan fingerprint density at radius 2 is 1.84 bits per heavy atom. The summed E-state index contributed by atoms with van der Waals surface area (Å²) in [5.74, 6) is 0.710. The minimum absolute atomic E-state index is 0.710. The topological polar surface area (TPSA) is 63.3 Å². The van der Waals surface area contributed by atoms with Crippen LogP contribution in [0.3, 0.4) is 0 Å². The highest BCUT2D eigenvalue weighted by Crippen LogP contribution is 2.26. The van der Waals surface area contributed by atoms with Crippen LogP contribution in [0.2, 0.25) is 0 Å². The lowest BCUT2D eigenvalue weighted by molar-refractivity contribution is 0.687. The van der Waals surface area contributed by atoms with Crippen molar-refractivity contribution in [3.63, 3.8) is 0 Å². The molecule has 0 amide bonds. The van der Waals surface area contributed by atoms with Crippen LogP contribution < -0.4 is 10.2 Å². The summed E-state index contributed by atoms with van der Waals surface area (Å²) < 4.78 is 3.98. The Morgan fingerprint density at radius 3 is 2.68 bits per heavy atom. The van der Waals surface area contributed by atoms with Crippen molar-refractivity contribution in [1.29, 1.82) is 0 Å². The molecule has 0 aliphatic heterocycles. The largest absolute Gasteiger partial charge is 0.378 e. The van der Waals surface area contributed by atoms with E-state index in [2.05, 4.69) is 49.5 Å². The van der Waals surface area contributed by atoms with Gasteiger partial charge in [0.2, 0.25) is 0 Å². The molecule has 0 aliphatic rings. The Kier molecular flexibility index (Phi) is 4.84. The van der Waals surface area contributed by atoms with Gasteiger partial charge in [-0.2, -0.15) is 5.10 Å². The molecule has 2 aromatic carbocycles. The highest BCUT2D eigenvalue weighted by atomic mass is 15.3. The number of imidazole rings is 1. The van der Waals surface area contributed by atoms with Crippen molar-refractivity contribution >= 4 is 22.8 Å². The lowest BCUT2D eigenvalue weighted by atomic mass is 10.2. The molecule has 0 saturated heterocycles. The summed E-state index contributed by atoms with van der Waals surface area (Å²) >= 11 is 0. The first-order valence-electron chi connectivity index (χ1n) is 10.1. The van der Waals surface area contributed by atoms with E-state index in [0.29, 0.717) is 5.82 Å². The Hall–Kier alpha value is -4.13. The zero-order valence-electron chi connectivity index (χ0n) is 17.5. The van der Waals surface area contributed by atoms with Crippen molar-refractivity contribution in [2.45, 2.75) is 6.54 Å². The standard InChI is InChI=1S/C24H23N7/c1-29(2)21-10-6-9-20(13-21)28-23-24-26-15-22(31(24)12-11-25-23)19-14-27-30(17-19)16-18-7-4-3-5-8-18/h3-15,17H,16H2,1-2H3,(H,25,28). The summed E-state index contributed by atoms with van der Waals surface area (Å²) in [6.45, 7) is 0.730. The molecule has 0 saturated carbocycles. The second-order valence-corrected chi connectivity index (χ2v) is 7.59. The summed E-state index contributed by atoms with van der Waals surface area (Å²) in [7, 11) is 4.05. The van der Waals surface area contributed by atoms with Gasteiger partial charge in [-0.05, 0) is 23.8 Å². The highest BCUT2D eigenvalue weighted by molar-refractivity contribution is 5.75. The van der Waals surface area contributed by atoms with Crippen LogP contribution in [0.15, 0.2) is 85.6 Å². The fraction of sp³-hybridized carbons (Fsp3) is 0.125. The van der Waals surface area contributed by atoms with E-state index in [1.165, 1.54) is 5.56 Å². The van der Waals surface area contributed by atoms with E-state index in [-0.39, 0.29) is 0 Å². The normalized spacial score (nSPS) is 11.0. The Labute approximate surface area is 180 Å². The lowest BCUT2D eigenvalue weighted by Gasteiger charge is -2.14. The predicted octanol–water partition coefficient (Wildman–Crippen LogP) is 4.45. The molecule has 31 heavy (non-hydrogen) atoms. The van der Waals surface area contributed by atoms with Crippen molar-refractivity contribution < 1.29 is 0 Å². The molecule has 0 radical (unpaired) electrons. The van der Waals surface area contributed by atoms with Crippen molar-refractivity contribution in [2.24, 2.45) is 0 Å². The maximum atomic E-state index is 4.63. The minimum atomic E-state index is 0.710. The molecule has 0 spiro atoms. The van der Waals surface area contributed by atoms with Crippen molar-refractivity contribution in [1.82, 2.24) is 24.1 Å². The Balaban J connectivity index is 1.44. The number of anilines is 3. The molecule has 154 valence electrons. The third-order valence-corrected chi connectivity index (χ3v) is 5.17. The van der Waals surface area contributed by atoms with E-state index in [9.17, 15) is 0 Å². The minimum Gasteiger partial charge on any atom is -0.378 e. The maximum absolute atomic E-state index is 4.63. The van der Waals surface area contributed by atoms with Gasteiger partial charge in [-0.1, -0.05) is 36.4 Å². The van der Waals surface area contributed by atoms with E-state index < -0.39 is 0 Å². The molecule has 0 fully saturated rings. The molecule has 1 N–H and O–H groups in total. The van der Waals surface area contributed by atoms with Gasteiger partial charge < -0.3 is 10.2 Å². The Bertz CT molecular complexity index is 1320. The second kappa shape index (κ2) is 7.95. The van der Waals surface area contributed by atoms with Gasteiger partial charge in [-0.25, -0.2) is 9.97 Å². The molecule has 5 rings (SSSR count). The van der Waals surface area contributed by atoms with Gasteiger partial charge in [0.15, 0.2) is 11.5 Å². The van der Waals surface area contributed by atoms with Crippen LogP contribution in [0, 0.1) is 0 Å². The number of nitrogens with zero attached hydrogens (tertiary/aromatic N) is 6. The molecule has 0 aliphatic carbocycles. The first kappa shape index (κ1) is 18.9. The number of fused-ring (bicyclic) bond motifs is 1. The third-order valence-electron chi connectivity index (χ3n) is 5.17. The first-order chi connectivity index (χ1) is 15.2. The predicted molar refractivity (Wildman–Crippen MR) is 124 cm³/mol. The van der Waals surface area contributed by atoms with Crippen LogP contribution in [0.5, 0.6) is 0 Å². The third kappa shape index (κ3) is 3.85. The van der Waals surface area contributed by atoms with E-state index in [0.717, 1.165) is 34.8 Å². The number of aromatic nitrogens is 5. The zero-order chi connectivity index (χ0) is 21.2. The smallest absolute Gasteiger partial charge is 0.180 e. The van der Waals surface area contributed by atoms with Gasteiger partial charge in [-0.15, -0.1) is 0 Å². The SMILES string of the molecule is CN(C)c1cccc(Nc2nccn3c(-c4cnn(Cc5ccccc5)c4)cnc23)c1. The molecule has 3 aromatic heterocycles. The Morgan fingerprint density at radius 1 is 0.968 bits per heavy atom. The summed E-state index contributed by atoms with van der Waals surface area (Å²) in [6, 6.07) is 18.5. The molecule has 5 aromatic rings. The quantitative estimate of drug-likeness (QED) is 0.449. The van der Waals surface area contributed by atoms with Crippen molar-refractivity contribution in [3.8, 4) is 11.3 Å². The van der Waals surface area contributed by atoms with Crippen molar-refractivity contribution in [3.05, 3.63) is 91.1 Å². The monoisotopic (exact) mass is 409 g/mol. The molecule has 7 heteroatoms. The second-order valence-electron chi connectivity index (χ2n) is 7.59. The summed E-state index contributed by atoms with van der Waals surface area (Å²) in [5.41, 5.74) is 6.05. The molecule has 0 atom stereocenters. The fourth-order valence-electron chi connectivity index (χ4n) is 3.57. The molecule has 0 bridgehead atoms. The maximum Gasteiger partial charge on any atom is 0.180 e. The first-order valence-corrected chi connectivity index (χ1v) is 10.1. The van der Waals surface area contributed by atoms with E-state index >= 15 is 0 Å². The van der Waals surface area contributed by atoms with Crippen LogP contribution in [-0.4, -0.2) is 38.2 Å². The van der Waals surface area contributed by atoms with Crippen LogP contribution in [-0.2, 0) is 6.54 Å². The van der Waals surface area contributed by atoms with Crippen molar-refractivity contribution in [2.75, 3.05) is 24.3 Å². The summed E-state index contributed by atoms with van der Waals surface area (Å²) in [6.07, 6.45) is 9.49. The van der Waals surface area contributed by atoms with Crippen LogP contribution >= 0.6 is 0 Å². The zero-order valence-corrected chi connectivity index (χ0v) is 17.5. The average Bonchev–Trinajstić information content (AvgIpc) is 3.42. The van der Waals surface area contributed by atoms with Gasteiger partial charge in [0.1, 0.15) is 0 Å². The van der Waals surface area contributed by atoms with Crippen LogP contribution in [0.4, 0.5) is 17.2 Å². The van der Waals surface area contributed by atoms with E-state index in [1.54, 1.807) is 6.20 Å². The van der Waals surface area contributed by atoms with Crippen LogP contribution in [0.25, 0.3) is 16.9 Å². The number of benzene rings is 2. The van der Waals surface area contributed by atoms with Crippen LogP contribution in [0.1, 0.15) is 5.56 Å². The number of rotatable bonds is 6. The molecular weight excluding hydrogens is 386 g/mol. The van der Waals surface area contributed by atoms with Gasteiger partial charge in [-0.3, -0.25) is 9.08 Å². The molecular formula is C24H23N7. The van der Waals surface area contributed by atoms with Gasteiger partial charge in [0, 0.05) is 49.6 Å². The number of hydrogen-bond donors (Lipinski definition) is 1. The molecule has 7 nitrogen and oxygen atoms in total. The number of hydrogen-bond acceptors (Lipinski definition) is 5. The van der Waals surface area contributed by atoms with Gasteiger partial charge in [0.05, 0.1) is 24.6 Å². The number of nitrogens with one attached hydrogen (secondary N) is 1. The molecule has 0 unspecified atom stereocenters. The summed E-state index contributed by atoms with van der Waals surface area (Å²) in [5, 5.41) is 7.93. The lowest BCUT2D eigenvalue weighted by Crippen LogP contribution is -2.08. The fourth-order valence-corrected chi connectivity index (χ4v) is 3.57. The van der Waals surface area contributed by atoms with E-state index in [4.69, 9.17) is 0 Å². The molecule has 3 heterocycles.